The lowest BCUT2D eigenvalue weighted by Crippen LogP contribution is -2.23. The summed E-state index contributed by atoms with van der Waals surface area (Å²) in [4.78, 5) is 0. The molecule has 2 atom stereocenters. The van der Waals surface area contributed by atoms with Crippen LogP contribution in [-0.4, -0.2) is 62.1 Å². The molecule has 0 aromatic heterocycles. The lowest BCUT2D eigenvalue weighted by molar-refractivity contribution is -0.0233. The zero-order valence-electron chi connectivity index (χ0n) is 8.22. The summed E-state index contributed by atoms with van der Waals surface area (Å²) in [5.41, 5.74) is 0. The summed E-state index contributed by atoms with van der Waals surface area (Å²) in [7, 11) is 0. The molecule has 1 heterocycles. The molecule has 84 valence electrons. The van der Waals surface area contributed by atoms with Crippen LogP contribution in [0, 0.1) is 0 Å². The summed E-state index contributed by atoms with van der Waals surface area (Å²) in [6.07, 6.45) is 0.244. The average molecular weight is 206 g/mol. The molecule has 0 aliphatic carbocycles. The Morgan fingerprint density at radius 3 is 2.71 bits per heavy atom. The van der Waals surface area contributed by atoms with E-state index in [0.717, 1.165) is 6.61 Å². The summed E-state index contributed by atoms with van der Waals surface area (Å²) < 4.78 is 15.2. The van der Waals surface area contributed by atoms with Crippen molar-refractivity contribution in [1.82, 2.24) is 0 Å². The van der Waals surface area contributed by atoms with Crippen molar-refractivity contribution < 1.29 is 24.4 Å². The lowest BCUT2D eigenvalue weighted by atomic mass is 10.4. The Balaban J connectivity index is 1.79. The van der Waals surface area contributed by atoms with E-state index in [1.807, 2.05) is 0 Å². The highest BCUT2D eigenvalue weighted by Gasteiger charge is 2.22. The Bertz CT molecular complexity index is 137. The number of aliphatic hydroxyl groups excluding tert-OH is 2. The van der Waals surface area contributed by atoms with Gasteiger partial charge in [0, 0.05) is 13.2 Å². The fraction of sp³-hybridized carbons (Fsp3) is 1.00. The first-order valence-corrected chi connectivity index (χ1v) is 4.89. The maximum Gasteiger partial charge on any atom is 0.104 e. The third kappa shape index (κ3) is 6.28. The first-order valence-electron chi connectivity index (χ1n) is 4.89. The van der Waals surface area contributed by atoms with Crippen molar-refractivity contribution in [3.63, 3.8) is 0 Å². The highest BCUT2D eigenvalue weighted by molar-refractivity contribution is 4.67. The van der Waals surface area contributed by atoms with Gasteiger partial charge in [-0.2, -0.15) is 0 Å². The van der Waals surface area contributed by atoms with Crippen molar-refractivity contribution in [2.45, 2.75) is 18.6 Å². The fourth-order valence-electron chi connectivity index (χ4n) is 0.934. The predicted octanol–water partition coefficient (Wildman–Crippen LogP) is -0.838. The van der Waals surface area contributed by atoms with Gasteiger partial charge in [0.05, 0.1) is 26.4 Å². The van der Waals surface area contributed by atoms with Gasteiger partial charge >= 0.3 is 0 Å². The Kier molecular flexibility index (Phi) is 6.05. The largest absolute Gasteiger partial charge is 0.396 e. The number of aliphatic hydroxyl groups is 2. The second-order valence-corrected chi connectivity index (χ2v) is 3.30. The molecule has 0 radical (unpaired) electrons. The number of epoxide rings is 1. The van der Waals surface area contributed by atoms with Gasteiger partial charge in [-0.1, -0.05) is 0 Å². The number of hydrogen-bond acceptors (Lipinski definition) is 5. The van der Waals surface area contributed by atoms with Crippen molar-refractivity contribution in [2.75, 3.05) is 39.6 Å². The zero-order valence-corrected chi connectivity index (χ0v) is 8.22. The number of hydrogen-bond donors (Lipinski definition) is 2. The molecular weight excluding hydrogens is 188 g/mol. The first-order chi connectivity index (χ1) is 6.83. The molecule has 0 aromatic rings. The van der Waals surface area contributed by atoms with Crippen molar-refractivity contribution in [3.8, 4) is 0 Å². The summed E-state index contributed by atoms with van der Waals surface area (Å²) in [5, 5.41) is 17.8. The third-order valence-corrected chi connectivity index (χ3v) is 1.77. The minimum Gasteiger partial charge on any atom is -0.396 e. The van der Waals surface area contributed by atoms with Gasteiger partial charge in [0.2, 0.25) is 0 Å². The minimum atomic E-state index is -0.590. The molecule has 1 unspecified atom stereocenters. The van der Waals surface area contributed by atoms with Crippen LogP contribution in [0.25, 0.3) is 0 Å². The summed E-state index contributed by atoms with van der Waals surface area (Å²) in [6, 6.07) is 0. The molecule has 2 N–H and O–H groups in total. The molecule has 1 saturated heterocycles. The monoisotopic (exact) mass is 206 g/mol. The zero-order chi connectivity index (χ0) is 10.2. The lowest BCUT2D eigenvalue weighted by Gasteiger charge is -2.10. The fourth-order valence-corrected chi connectivity index (χ4v) is 0.934. The summed E-state index contributed by atoms with van der Waals surface area (Å²) in [5.74, 6) is 0. The van der Waals surface area contributed by atoms with Gasteiger partial charge in [-0.15, -0.1) is 0 Å². The molecule has 1 aliphatic rings. The van der Waals surface area contributed by atoms with E-state index in [1.54, 1.807) is 0 Å². The van der Waals surface area contributed by atoms with E-state index in [1.165, 1.54) is 0 Å². The molecule has 1 aliphatic heterocycles. The number of rotatable bonds is 9. The molecule has 0 bridgehead atoms. The molecule has 5 nitrogen and oxygen atoms in total. The van der Waals surface area contributed by atoms with Crippen LogP contribution in [0.4, 0.5) is 0 Å². The van der Waals surface area contributed by atoms with E-state index in [9.17, 15) is 5.11 Å². The van der Waals surface area contributed by atoms with E-state index in [2.05, 4.69) is 0 Å². The van der Waals surface area contributed by atoms with E-state index in [0.29, 0.717) is 19.6 Å². The standard InChI is InChI=1S/C9H18O5/c10-2-1-3-12-4-8(11)5-13-6-9-7-14-9/h8-11H,1-7H2/t8?,9-/m0/s1. The minimum absolute atomic E-state index is 0.117. The van der Waals surface area contributed by atoms with Gasteiger partial charge in [0.25, 0.3) is 0 Å². The predicted molar refractivity (Wildman–Crippen MR) is 49.1 cm³/mol. The molecule has 0 spiro atoms. The smallest absolute Gasteiger partial charge is 0.104 e. The molecule has 5 heteroatoms. The van der Waals surface area contributed by atoms with E-state index in [-0.39, 0.29) is 25.9 Å². The van der Waals surface area contributed by atoms with Gasteiger partial charge in [-0.05, 0) is 6.42 Å². The Labute approximate surface area is 83.6 Å². The number of ether oxygens (including phenoxy) is 3. The van der Waals surface area contributed by atoms with Gasteiger partial charge in [-0.3, -0.25) is 0 Å². The first kappa shape index (κ1) is 11.9. The Morgan fingerprint density at radius 2 is 2.07 bits per heavy atom. The van der Waals surface area contributed by atoms with Crippen LogP contribution in [0.1, 0.15) is 6.42 Å². The van der Waals surface area contributed by atoms with Crippen LogP contribution in [-0.2, 0) is 14.2 Å². The van der Waals surface area contributed by atoms with Crippen molar-refractivity contribution in [2.24, 2.45) is 0 Å². The molecule has 1 rings (SSSR count). The highest BCUT2D eigenvalue weighted by Crippen LogP contribution is 2.08. The van der Waals surface area contributed by atoms with Crippen LogP contribution in [0.3, 0.4) is 0 Å². The Morgan fingerprint density at radius 1 is 1.36 bits per heavy atom. The third-order valence-electron chi connectivity index (χ3n) is 1.77. The van der Waals surface area contributed by atoms with Gasteiger partial charge < -0.3 is 24.4 Å². The summed E-state index contributed by atoms with van der Waals surface area (Å²) >= 11 is 0. The van der Waals surface area contributed by atoms with E-state index < -0.39 is 6.10 Å². The maximum absolute atomic E-state index is 9.33. The maximum atomic E-state index is 9.33. The van der Waals surface area contributed by atoms with Crippen molar-refractivity contribution in [1.29, 1.82) is 0 Å². The molecular formula is C9H18O5. The molecule has 0 aromatic carbocycles. The van der Waals surface area contributed by atoms with Crippen molar-refractivity contribution in [3.05, 3.63) is 0 Å². The second-order valence-electron chi connectivity index (χ2n) is 3.30. The van der Waals surface area contributed by atoms with Crippen LogP contribution in [0.2, 0.25) is 0 Å². The van der Waals surface area contributed by atoms with Crippen LogP contribution in [0.5, 0.6) is 0 Å². The molecule has 1 fully saturated rings. The topological polar surface area (TPSA) is 71.5 Å². The van der Waals surface area contributed by atoms with E-state index in [4.69, 9.17) is 19.3 Å². The van der Waals surface area contributed by atoms with Crippen LogP contribution in [0.15, 0.2) is 0 Å². The quantitative estimate of drug-likeness (QED) is 0.380. The van der Waals surface area contributed by atoms with Crippen LogP contribution >= 0.6 is 0 Å². The van der Waals surface area contributed by atoms with Crippen molar-refractivity contribution >= 4 is 0 Å². The molecule has 0 amide bonds. The summed E-state index contributed by atoms with van der Waals surface area (Å²) in [6.45, 7) is 2.44. The van der Waals surface area contributed by atoms with Gasteiger partial charge in [-0.25, -0.2) is 0 Å². The normalized spacial score (nSPS) is 22.3. The highest BCUT2D eigenvalue weighted by atomic mass is 16.6. The molecule has 14 heavy (non-hydrogen) atoms. The Hall–Kier alpha value is -0.200. The average Bonchev–Trinajstić information content (AvgIpc) is 2.96. The van der Waals surface area contributed by atoms with E-state index >= 15 is 0 Å². The van der Waals surface area contributed by atoms with Gasteiger partial charge in [0.15, 0.2) is 0 Å². The van der Waals surface area contributed by atoms with Gasteiger partial charge in [0.1, 0.15) is 12.2 Å². The second kappa shape index (κ2) is 7.14. The molecule has 0 saturated carbocycles. The SMILES string of the molecule is OCCCOCC(O)COC[C@H]1CO1. The van der Waals surface area contributed by atoms with Crippen LogP contribution < -0.4 is 0 Å².